The third-order valence-electron chi connectivity index (χ3n) is 4.04. The van der Waals surface area contributed by atoms with E-state index in [1.54, 1.807) is 0 Å². The molecule has 0 bridgehead atoms. The van der Waals surface area contributed by atoms with E-state index in [-0.39, 0.29) is 19.1 Å². The molecule has 2 rings (SSSR count). The van der Waals surface area contributed by atoms with Crippen molar-refractivity contribution in [3.8, 4) is 0 Å². The number of aliphatic carboxylic acids is 1. The fourth-order valence-corrected chi connectivity index (χ4v) is 3.07. The van der Waals surface area contributed by atoms with Crippen LogP contribution >= 0.6 is 0 Å². The van der Waals surface area contributed by atoms with E-state index in [0.717, 1.165) is 11.3 Å². The topological polar surface area (TPSA) is 60.9 Å². The number of hydrogen-bond acceptors (Lipinski definition) is 3. The van der Waals surface area contributed by atoms with Crippen molar-refractivity contribution in [2.24, 2.45) is 0 Å². The molecule has 2 aliphatic rings. The van der Waals surface area contributed by atoms with Gasteiger partial charge in [-0.3, -0.25) is 14.5 Å². The Morgan fingerprint density at radius 2 is 1.65 bits per heavy atom. The van der Waals surface area contributed by atoms with E-state index in [4.69, 9.17) is 5.11 Å². The van der Waals surface area contributed by atoms with Crippen molar-refractivity contribution in [1.82, 2.24) is 9.80 Å². The molecule has 20 heavy (non-hydrogen) atoms. The van der Waals surface area contributed by atoms with Crippen LogP contribution < -0.4 is 0 Å². The Bertz CT molecular complexity index is 392. The highest BCUT2D eigenvalue weighted by molar-refractivity contribution is 5.82. The summed E-state index contributed by atoms with van der Waals surface area (Å²) in [5, 5.41) is 9.11. The van der Waals surface area contributed by atoms with E-state index in [1.807, 2.05) is 4.90 Å². The number of carbonyl (C=O) groups is 2. The van der Waals surface area contributed by atoms with E-state index >= 15 is 0 Å². The number of piperidine rings is 1. The summed E-state index contributed by atoms with van der Waals surface area (Å²) in [5.74, 6) is -2.68. The number of likely N-dealkylation sites (tertiary alicyclic amines) is 2. The van der Waals surface area contributed by atoms with Crippen LogP contribution in [0.25, 0.3) is 0 Å². The second kappa shape index (κ2) is 5.59. The maximum absolute atomic E-state index is 12.3. The lowest BCUT2D eigenvalue weighted by Crippen LogP contribution is -2.52. The molecular weight excluding hydrogens is 277 g/mol. The van der Waals surface area contributed by atoms with Crippen LogP contribution in [0.15, 0.2) is 0 Å². The third kappa shape index (κ3) is 3.05. The summed E-state index contributed by atoms with van der Waals surface area (Å²) in [6.45, 7) is 0.729. The van der Waals surface area contributed by atoms with Crippen LogP contribution in [-0.4, -0.2) is 64.7 Å². The quantitative estimate of drug-likeness (QED) is 0.828. The van der Waals surface area contributed by atoms with E-state index < -0.39 is 24.1 Å². The van der Waals surface area contributed by atoms with Gasteiger partial charge in [0.2, 0.25) is 0 Å². The minimum atomic E-state index is -4.83. The SMILES string of the molecule is O=C(O)[C@@H]1CCCN1C1CCN(C(=O)C(F)(F)F)CC1. The minimum absolute atomic E-state index is 0.0336. The van der Waals surface area contributed by atoms with Gasteiger partial charge in [0, 0.05) is 19.1 Å². The molecule has 2 saturated heterocycles. The van der Waals surface area contributed by atoms with Crippen molar-refractivity contribution in [2.75, 3.05) is 19.6 Å². The van der Waals surface area contributed by atoms with E-state index in [0.29, 0.717) is 25.8 Å². The molecule has 2 aliphatic heterocycles. The summed E-state index contributed by atoms with van der Waals surface area (Å²) in [4.78, 5) is 24.9. The van der Waals surface area contributed by atoms with Gasteiger partial charge in [-0.1, -0.05) is 0 Å². The van der Waals surface area contributed by atoms with Gasteiger partial charge in [-0.2, -0.15) is 13.2 Å². The zero-order valence-corrected chi connectivity index (χ0v) is 10.9. The van der Waals surface area contributed by atoms with Crippen LogP contribution in [0.4, 0.5) is 13.2 Å². The van der Waals surface area contributed by atoms with Gasteiger partial charge in [0.25, 0.3) is 0 Å². The van der Waals surface area contributed by atoms with Crippen LogP contribution in [0.2, 0.25) is 0 Å². The van der Waals surface area contributed by atoms with Crippen LogP contribution in [0.5, 0.6) is 0 Å². The number of hydrogen-bond donors (Lipinski definition) is 1. The van der Waals surface area contributed by atoms with E-state index in [9.17, 15) is 22.8 Å². The average molecular weight is 294 g/mol. The van der Waals surface area contributed by atoms with Crippen LogP contribution in [0.3, 0.4) is 0 Å². The molecule has 0 spiro atoms. The molecule has 0 radical (unpaired) electrons. The maximum Gasteiger partial charge on any atom is 0.471 e. The number of carboxylic acid groups (broad SMARTS) is 1. The highest BCUT2D eigenvalue weighted by atomic mass is 19.4. The normalized spacial score (nSPS) is 25.9. The Balaban J connectivity index is 1.91. The molecule has 0 unspecified atom stereocenters. The number of alkyl halides is 3. The molecule has 1 amide bonds. The molecule has 0 aromatic heterocycles. The van der Waals surface area contributed by atoms with Crippen molar-refractivity contribution < 1.29 is 27.9 Å². The molecule has 0 aromatic rings. The first-order chi connectivity index (χ1) is 9.30. The average Bonchev–Trinajstić information content (AvgIpc) is 2.86. The van der Waals surface area contributed by atoms with Crippen LogP contribution in [0, 0.1) is 0 Å². The number of halogens is 3. The highest BCUT2D eigenvalue weighted by Crippen LogP contribution is 2.28. The van der Waals surface area contributed by atoms with Crippen molar-refractivity contribution in [2.45, 2.75) is 43.9 Å². The Morgan fingerprint density at radius 1 is 1.05 bits per heavy atom. The zero-order chi connectivity index (χ0) is 14.9. The van der Waals surface area contributed by atoms with Gasteiger partial charge in [-0.05, 0) is 32.2 Å². The summed E-state index contributed by atoms with van der Waals surface area (Å²) in [6, 6.07) is -0.583. The molecule has 0 saturated carbocycles. The van der Waals surface area contributed by atoms with Gasteiger partial charge in [-0.15, -0.1) is 0 Å². The third-order valence-corrected chi connectivity index (χ3v) is 4.04. The van der Waals surface area contributed by atoms with Crippen LogP contribution in [0.1, 0.15) is 25.7 Å². The van der Waals surface area contributed by atoms with Gasteiger partial charge in [0.1, 0.15) is 6.04 Å². The van der Waals surface area contributed by atoms with Crippen molar-refractivity contribution in [1.29, 1.82) is 0 Å². The van der Waals surface area contributed by atoms with Gasteiger partial charge < -0.3 is 10.0 Å². The summed E-state index contributed by atoms with van der Waals surface area (Å²) >= 11 is 0. The Morgan fingerprint density at radius 3 is 2.15 bits per heavy atom. The molecular formula is C12H17F3N2O3. The van der Waals surface area contributed by atoms with Crippen molar-refractivity contribution in [3.05, 3.63) is 0 Å². The second-order valence-electron chi connectivity index (χ2n) is 5.26. The van der Waals surface area contributed by atoms with Gasteiger partial charge in [0.15, 0.2) is 0 Å². The lowest BCUT2D eigenvalue weighted by Gasteiger charge is -2.38. The molecule has 5 nitrogen and oxygen atoms in total. The second-order valence-corrected chi connectivity index (χ2v) is 5.26. The summed E-state index contributed by atoms with van der Waals surface area (Å²) in [6.07, 6.45) is -2.67. The molecule has 1 N–H and O–H groups in total. The van der Waals surface area contributed by atoms with Gasteiger partial charge in [-0.25, -0.2) is 0 Å². The number of carbonyl (C=O) groups excluding carboxylic acids is 1. The van der Waals surface area contributed by atoms with E-state index in [1.165, 1.54) is 0 Å². The van der Waals surface area contributed by atoms with Gasteiger partial charge >= 0.3 is 18.1 Å². The first-order valence-electron chi connectivity index (χ1n) is 6.65. The number of rotatable bonds is 2. The summed E-state index contributed by atoms with van der Waals surface area (Å²) in [7, 11) is 0. The fraction of sp³-hybridized carbons (Fsp3) is 0.833. The van der Waals surface area contributed by atoms with Crippen molar-refractivity contribution >= 4 is 11.9 Å². The fourth-order valence-electron chi connectivity index (χ4n) is 3.07. The molecule has 2 heterocycles. The lowest BCUT2D eigenvalue weighted by atomic mass is 10.0. The van der Waals surface area contributed by atoms with E-state index in [2.05, 4.69) is 0 Å². The minimum Gasteiger partial charge on any atom is -0.480 e. The molecule has 0 aromatic carbocycles. The number of amides is 1. The van der Waals surface area contributed by atoms with Gasteiger partial charge in [0.05, 0.1) is 0 Å². The Hall–Kier alpha value is -1.31. The molecule has 1 atom stereocenters. The standard InChI is InChI=1S/C12H17F3N2O3/c13-12(14,15)11(20)16-6-3-8(4-7-16)17-5-1-2-9(17)10(18)19/h8-9H,1-7H2,(H,18,19)/t9-/m0/s1. The summed E-state index contributed by atoms with van der Waals surface area (Å²) in [5.41, 5.74) is 0. The zero-order valence-electron chi connectivity index (χ0n) is 10.9. The lowest BCUT2D eigenvalue weighted by molar-refractivity contribution is -0.187. The first-order valence-corrected chi connectivity index (χ1v) is 6.65. The highest BCUT2D eigenvalue weighted by Gasteiger charge is 2.44. The largest absolute Gasteiger partial charge is 0.480 e. The Labute approximate surface area is 114 Å². The predicted molar refractivity (Wildman–Crippen MR) is 63.0 cm³/mol. The smallest absolute Gasteiger partial charge is 0.471 e. The number of carboxylic acids is 1. The van der Waals surface area contributed by atoms with Crippen LogP contribution in [-0.2, 0) is 9.59 Å². The molecule has 114 valence electrons. The van der Waals surface area contributed by atoms with Crippen molar-refractivity contribution in [3.63, 3.8) is 0 Å². The Kier molecular flexibility index (Phi) is 4.22. The summed E-state index contributed by atoms with van der Waals surface area (Å²) < 4.78 is 37.0. The maximum atomic E-state index is 12.3. The first kappa shape index (κ1) is 15.1. The monoisotopic (exact) mass is 294 g/mol. The molecule has 0 aliphatic carbocycles. The number of nitrogens with zero attached hydrogens (tertiary/aromatic N) is 2. The molecule has 8 heteroatoms. The molecule has 2 fully saturated rings. The predicted octanol–water partition coefficient (Wildman–Crippen LogP) is 1.09.